The third-order valence-corrected chi connectivity index (χ3v) is 5.07. The van der Waals surface area contributed by atoms with Crippen LogP contribution in [-0.2, 0) is 18.3 Å². The van der Waals surface area contributed by atoms with E-state index < -0.39 is 23.6 Å². The summed E-state index contributed by atoms with van der Waals surface area (Å²) in [5, 5.41) is 24.1. The van der Waals surface area contributed by atoms with E-state index in [0.29, 0.717) is 0 Å². The highest BCUT2D eigenvalue weighted by Crippen LogP contribution is 2.22. The summed E-state index contributed by atoms with van der Waals surface area (Å²) < 4.78 is 1.22. The number of hydrogen-bond donors (Lipinski definition) is 4. The van der Waals surface area contributed by atoms with Gasteiger partial charge in [0.1, 0.15) is 5.75 Å². The van der Waals surface area contributed by atoms with E-state index >= 15 is 0 Å². The van der Waals surface area contributed by atoms with Gasteiger partial charge in [-0.3, -0.25) is 9.59 Å². The van der Waals surface area contributed by atoms with Crippen LogP contribution >= 0.6 is 0 Å². The average molecular weight is 435 g/mol. The molecule has 0 saturated heterocycles. The Morgan fingerprint density at radius 3 is 2.31 bits per heavy atom. The number of aliphatic carboxylic acids is 1. The molecule has 0 aliphatic heterocycles. The Hall–Kier alpha value is -4.07. The third kappa shape index (κ3) is 5.98. The van der Waals surface area contributed by atoms with E-state index in [1.165, 1.54) is 29.4 Å². The van der Waals surface area contributed by atoms with Crippen LogP contribution in [-0.4, -0.2) is 26.8 Å². The second-order valence-electron chi connectivity index (χ2n) is 7.48. The number of carboxylic acid groups (broad SMARTS) is 1. The highest BCUT2D eigenvalue weighted by atomic mass is 16.4. The molecular formula is C24H25N3O5. The van der Waals surface area contributed by atoms with Crippen molar-refractivity contribution in [2.75, 3.05) is 5.32 Å². The van der Waals surface area contributed by atoms with Crippen molar-refractivity contribution in [2.24, 2.45) is 7.05 Å². The highest BCUT2D eigenvalue weighted by molar-refractivity contribution is 5.90. The van der Waals surface area contributed by atoms with Gasteiger partial charge < -0.3 is 25.4 Å². The lowest BCUT2D eigenvalue weighted by atomic mass is 9.98. The van der Waals surface area contributed by atoms with Crippen LogP contribution < -0.4 is 16.2 Å². The Balaban J connectivity index is 1.74. The van der Waals surface area contributed by atoms with Crippen molar-refractivity contribution < 1.29 is 19.8 Å². The molecule has 0 fully saturated rings. The molecule has 1 heterocycles. The lowest BCUT2D eigenvalue weighted by Crippen LogP contribution is -2.35. The van der Waals surface area contributed by atoms with E-state index in [2.05, 4.69) is 10.6 Å². The molecule has 8 nitrogen and oxygen atoms in total. The number of benzene rings is 2. The number of nitrogens with one attached hydrogen (secondary N) is 2. The van der Waals surface area contributed by atoms with E-state index in [9.17, 15) is 19.5 Å². The minimum Gasteiger partial charge on any atom is -0.505 e. The summed E-state index contributed by atoms with van der Waals surface area (Å²) in [5.41, 5.74) is 2.18. The largest absolute Gasteiger partial charge is 0.505 e. The first kappa shape index (κ1) is 22.6. The summed E-state index contributed by atoms with van der Waals surface area (Å²) in [6, 6.07) is 17.6. The second-order valence-corrected chi connectivity index (χ2v) is 7.48. The van der Waals surface area contributed by atoms with Crippen LogP contribution in [0, 0.1) is 0 Å². The van der Waals surface area contributed by atoms with Crippen molar-refractivity contribution in [3.8, 4) is 5.75 Å². The Bertz CT molecular complexity index is 1140. The minimum atomic E-state index is -0.979. The van der Waals surface area contributed by atoms with Crippen molar-refractivity contribution in [3.63, 3.8) is 0 Å². The predicted octanol–water partition coefficient (Wildman–Crippen LogP) is 3.41. The van der Waals surface area contributed by atoms with Crippen LogP contribution in [0.3, 0.4) is 0 Å². The van der Waals surface area contributed by atoms with Gasteiger partial charge in [0.05, 0.1) is 6.04 Å². The molecule has 1 aromatic heterocycles. The molecule has 32 heavy (non-hydrogen) atoms. The van der Waals surface area contributed by atoms with Gasteiger partial charge in [-0.2, -0.15) is 0 Å². The van der Waals surface area contributed by atoms with Crippen LogP contribution in [0.1, 0.15) is 35.6 Å². The fourth-order valence-corrected chi connectivity index (χ4v) is 3.33. The van der Waals surface area contributed by atoms with Crippen LogP contribution in [0.15, 0.2) is 71.7 Å². The SMILES string of the molecule is Cn1ccc(O)c(NC(=O)N[C@@H](CCC(=O)O)c2ccc(Cc3ccccc3)cc2)c1=O. The van der Waals surface area contributed by atoms with Gasteiger partial charge in [-0.25, -0.2) is 4.79 Å². The quantitative estimate of drug-likeness (QED) is 0.432. The van der Waals surface area contributed by atoms with E-state index in [0.717, 1.165) is 17.5 Å². The van der Waals surface area contributed by atoms with Crippen molar-refractivity contribution in [1.29, 1.82) is 0 Å². The summed E-state index contributed by atoms with van der Waals surface area (Å²) in [5.74, 6) is -1.33. The summed E-state index contributed by atoms with van der Waals surface area (Å²) in [4.78, 5) is 35.8. The van der Waals surface area contributed by atoms with Crippen LogP contribution in [0.2, 0.25) is 0 Å². The highest BCUT2D eigenvalue weighted by Gasteiger charge is 2.18. The van der Waals surface area contributed by atoms with Crippen molar-refractivity contribution >= 4 is 17.7 Å². The Labute approximate surface area is 185 Å². The number of urea groups is 1. The minimum absolute atomic E-state index is 0.144. The zero-order chi connectivity index (χ0) is 23.1. The maximum absolute atomic E-state index is 12.5. The molecular weight excluding hydrogens is 410 g/mol. The monoisotopic (exact) mass is 435 g/mol. The van der Waals surface area contributed by atoms with Crippen LogP contribution in [0.4, 0.5) is 10.5 Å². The first-order chi connectivity index (χ1) is 15.3. The maximum atomic E-state index is 12.5. The molecule has 8 heteroatoms. The molecule has 0 radical (unpaired) electrons. The number of rotatable bonds is 8. The number of carboxylic acids is 1. The number of hydrogen-bond acceptors (Lipinski definition) is 4. The molecule has 0 spiro atoms. The smallest absolute Gasteiger partial charge is 0.319 e. The topological polar surface area (TPSA) is 121 Å². The van der Waals surface area contributed by atoms with E-state index in [4.69, 9.17) is 5.11 Å². The number of anilines is 1. The van der Waals surface area contributed by atoms with E-state index in [1.54, 1.807) is 0 Å². The van der Waals surface area contributed by atoms with Crippen molar-refractivity contribution in [2.45, 2.75) is 25.3 Å². The van der Waals surface area contributed by atoms with Crippen molar-refractivity contribution in [1.82, 2.24) is 9.88 Å². The fraction of sp³-hybridized carbons (Fsp3) is 0.208. The summed E-state index contributed by atoms with van der Waals surface area (Å²) in [7, 11) is 1.50. The number of carbonyl (C=O) groups is 2. The molecule has 0 unspecified atom stereocenters. The number of amides is 2. The first-order valence-electron chi connectivity index (χ1n) is 10.1. The number of nitrogens with zero attached hydrogens (tertiary/aromatic N) is 1. The van der Waals surface area contributed by atoms with Crippen molar-refractivity contribution in [3.05, 3.63) is 93.9 Å². The van der Waals surface area contributed by atoms with E-state index in [-0.39, 0.29) is 24.3 Å². The Morgan fingerprint density at radius 2 is 1.66 bits per heavy atom. The fourth-order valence-electron chi connectivity index (χ4n) is 3.33. The van der Waals surface area contributed by atoms with Gasteiger partial charge in [0.15, 0.2) is 5.69 Å². The lowest BCUT2D eigenvalue weighted by Gasteiger charge is -2.19. The van der Waals surface area contributed by atoms with E-state index in [1.807, 2.05) is 54.6 Å². The standard InChI is InChI=1S/C24H25N3O5/c1-27-14-13-20(28)22(23(27)31)26-24(32)25-19(11-12-21(29)30)18-9-7-17(8-10-18)15-16-5-3-2-4-6-16/h2-10,13-14,19,28H,11-12,15H2,1H3,(H,29,30)(H2,25,26,32)/t19-/m0/s1. The van der Waals surface area contributed by atoms with Gasteiger partial charge >= 0.3 is 12.0 Å². The Morgan fingerprint density at radius 1 is 1.00 bits per heavy atom. The molecule has 4 N–H and O–H groups in total. The molecule has 0 aliphatic rings. The summed E-state index contributed by atoms with van der Waals surface area (Å²) in [6.07, 6.45) is 2.16. The van der Waals surface area contributed by atoms with Gasteiger partial charge in [-0.05, 0) is 35.6 Å². The number of carbonyl (C=O) groups excluding carboxylic acids is 1. The predicted molar refractivity (Wildman–Crippen MR) is 121 cm³/mol. The maximum Gasteiger partial charge on any atom is 0.319 e. The molecule has 3 aromatic rings. The molecule has 0 aliphatic carbocycles. The van der Waals surface area contributed by atoms with Crippen LogP contribution in [0.5, 0.6) is 5.75 Å². The van der Waals surface area contributed by atoms with Gasteiger partial charge in [0, 0.05) is 19.7 Å². The number of aromatic hydroxyl groups is 1. The molecule has 2 amide bonds. The second kappa shape index (κ2) is 10.3. The van der Waals surface area contributed by atoms with Gasteiger partial charge in [0.25, 0.3) is 5.56 Å². The number of pyridine rings is 1. The van der Waals surface area contributed by atoms with Gasteiger partial charge in [-0.15, -0.1) is 0 Å². The third-order valence-electron chi connectivity index (χ3n) is 5.07. The summed E-state index contributed by atoms with van der Waals surface area (Å²) >= 11 is 0. The zero-order valence-corrected chi connectivity index (χ0v) is 17.6. The normalized spacial score (nSPS) is 11.5. The Kier molecular flexibility index (Phi) is 7.28. The zero-order valence-electron chi connectivity index (χ0n) is 17.6. The van der Waals surface area contributed by atoms with Gasteiger partial charge in [0.2, 0.25) is 0 Å². The molecule has 2 aromatic carbocycles. The summed E-state index contributed by atoms with van der Waals surface area (Å²) in [6.45, 7) is 0. The molecule has 166 valence electrons. The molecule has 3 rings (SSSR count). The van der Waals surface area contributed by atoms with Crippen LogP contribution in [0.25, 0.3) is 0 Å². The lowest BCUT2D eigenvalue weighted by molar-refractivity contribution is -0.137. The number of aryl methyl sites for hydroxylation is 1. The average Bonchev–Trinajstić information content (AvgIpc) is 2.78. The molecule has 0 bridgehead atoms. The number of aromatic nitrogens is 1. The van der Waals surface area contributed by atoms with Gasteiger partial charge in [-0.1, -0.05) is 54.6 Å². The molecule has 0 saturated carbocycles. The first-order valence-corrected chi connectivity index (χ1v) is 10.1. The molecule has 1 atom stereocenters.